The highest BCUT2D eigenvalue weighted by molar-refractivity contribution is 5.76. The van der Waals surface area contributed by atoms with Crippen molar-refractivity contribution in [1.82, 2.24) is 10.2 Å². The van der Waals surface area contributed by atoms with Crippen LogP contribution in [0.3, 0.4) is 0 Å². The van der Waals surface area contributed by atoms with Gasteiger partial charge in [0, 0.05) is 0 Å². The molecule has 1 aromatic heterocycles. The van der Waals surface area contributed by atoms with Crippen LogP contribution in [0.25, 0.3) is 11.3 Å². The van der Waals surface area contributed by atoms with Crippen LogP contribution < -0.4 is 4.74 Å². The van der Waals surface area contributed by atoms with E-state index in [1.807, 2.05) is 56.3 Å². The molecule has 0 fully saturated rings. The van der Waals surface area contributed by atoms with E-state index in [1.165, 1.54) is 0 Å². The molecule has 0 bridgehead atoms. The maximum atomic E-state index is 10.1. The normalized spacial score (nSPS) is 10.6. The molecule has 0 amide bonds. The number of aromatic amines is 1. The van der Waals surface area contributed by atoms with Gasteiger partial charge in [-0.1, -0.05) is 30.3 Å². The average Bonchev–Trinajstić information content (AvgIpc) is 2.82. The van der Waals surface area contributed by atoms with E-state index in [1.54, 1.807) is 6.07 Å². The molecular formula is C17H16N2O2. The number of nitrogens with one attached hydrogen (secondary N) is 1. The first-order valence-electron chi connectivity index (χ1n) is 6.73. The molecule has 2 aromatic carbocycles. The fraction of sp³-hybridized carbons (Fsp3) is 0.118. The minimum absolute atomic E-state index is 0.194. The SMILES string of the molecule is Cc1cccc(O)c1-c1n[nH]c(C)c1Oc1ccccc1. The van der Waals surface area contributed by atoms with Crippen LogP contribution in [0.5, 0.6) is 17.2 Å². The number of nitrogens with zero attached hydrogens (tertiary/aromatic N) is 1. The van der Waals surface area contributed by atoms with Gasteiger partial charge in [0.1, 0.15) is 17.2 Å². The van der Waals surface area contributed by atoms with Crippen LogP contribution in [0.1, 0.15) is 11.3 Å². The first kappa shape index (κ1) is 13.2. The minimum atomic E-state index is 0.194. The van der Waals surface area contributed by atoms with E-state index < -0.39 is 0 Å². The van der Waals surface area contributed by atoms with E-state index in [2.05, 4.69) is 10.2 Å². The molecule has 0 spiro atoms. The third-order valence-electron chi connectivity index (χ3n) is 3.34. The number of rotatable bonds is 3. The average molecular weight is 280 g/mol. The van der Waals surface area contributed by atoms with Crippen molar-refractivity contribution < 1.29 is 9.84 Å². The molecule has 0 aliphatic heterocycles. The standard InChI is InChI=1S/C17H16N2O2/c1-11-7-6-10-14(20)15(11)16-17(12(2)18-19-16)21-13-8-4-3-5-9-13/h3-10,20H,1-2H3,(H,18,19). The zero-order valence-electron chi connectivity index (χ0n) is 11.9. The second-order valence-electron chi connectivity index (χ2n) is 4.91. The van der Waals surface area contributed by atoms with E-state index in [9.17, 15) is 5.11 Å². The van der Waals surface area contributed by atoms with Crippen molar-refractivity contribution in [1.29, 1.82) is 0 Å². The number of hydrogen-bond acceptors (Lipinski definition) is 3. The van der Waals surface area contributed by atoms with Crippen molar-refractivity contribution in [3.8, 4) is 28.5 Å². The highest BCUT2D eigenvalue weighted by Crippen LogP contribution is 2.39. The Balaban J connectivity index is 2.09. The summed E-state index contributed by atoms with van der Waals surface area (Å²) in [5.41, 5.74) is 3.07. The Hall–Kier alpha value is -2.75. The topological polar surface area (TPSA) is 58.1 Å². The van der Waals surface area contributed by atoms with E-state index in [4.69, 9.17) is 4.74 Å². The maximum absolute atomic E-state index is 10.1. The van der Waals surface area contributed by atoms with Crippen LogP contribution in [0.2, 0.25) is 0 Å². The summed E-state index contributed by atoms with van der Waals surface area (Å²) in [6.45, 7) is 3.83. The van der Waals surface area contributed by atoms with Crippen molar-refractivity contribution in [2.45, 2.75) is 13.8 Å². The Morgan fingerprint density at radius 2 is 1.76 bits per heavy atom. The Morgan fingerprint density at radius 3 is 2.48 bits per heavy atom. The van der Waals surface area contributed by atoms with Crippen LogP contribution in [0.4, 0.5) is 0 Å². The number of aryl methyl sites for hydroxylation is 2. The molecule has 0 saturated carbocycles. The lowest BCUT2D eigenvalue weighted by Gasteiger charge is -2.10. The quantitative estimate of drug-likeness (QED) is 0.756. The van der Waals surface area contributed by atoms with Crippen LogP contribution >= 0.6 is 0 Å². The van der Waals surface area contributed by atoms with Gasteiger partial charge in [0.15, 0.2) is 5.75 Å². The summed E-state index contributed by atoms with van der Waals surface area (Å²) in [6.07, 6.45) is 0. The van der Waals surface area contributed by atoms with Crippen LogP contribution in [-0.4, -0.2) is 15.3 Å². The molecule has 0 atom stereocenters. The van der Waals surface area contributed by atoms with Crippen molar-refractivity contribution >= 4 is 0 Å². The van der Waals surface area contributed by atoms with Crippen molar-refractivity contribution in [3.05, 3.63) is 59.8 Å². The largest absolute Gasteiger partial charge is 0.507 e. The highest BCUT2D eigenvalue weighted by Gasteiger charge is 2.19. The number of aromatic hydroxyl groups is 1. The molecule has 4 nitrogen and oxygen atoms in total. The molecule has 2 N–H and O–H groups in total. The summed E-state index contributed by atoms with van der Waals surface area (Å²) in [4.78, 5) is 0. The lowest BCUT2D eigenvalue weighted by Crippen LogP contribution is -1.90. The number of hydrogen-bond donors (Lipinski definition) is 2. The summed E-state index contributed by atoms with van der Waals surface area (Å²) in [6, 6.07) is 14.9. The Bertz CT molecular complexity index is 743. The van der Waals surface area contributed by atoms with Gasteiger partial charge in [-0.25, -0.2) is 0 Å². The molecule has 0 aliphatic carbocycles. The number of phenols is 1. The van der Waals surface area contributed by atoms with Crippen molar-refractivity contribution in [3.63, 3.8) is 0 Å². The minimum Gasteiger partial charge on any atom is -0.507 e. The summed E-state index contributed by atoms with van der Waals surface area (Å²) in [7, 11) is 0. The summed E-state index contributed by atoms with van der Waals surface area (Å²) >= 11 is 0. The number of benzene rings is 2. The van der Waals surface area contributed by atoms with Gasteiger partial charge in [0.25, 0.3) is 0 Å². The molecule has 21 heavy (non-hydrogen) atoms. The van der Waals surface area contributed by atoms with E-state index in [0.717, 1.165) is 17.0 Å². The van der Waals surface area contributed by atoms with Crippen molar-refractivity contribution in [2.75, 3.05) is 0 Å². The number of phenolic OH excluding ortho intramolecular Hbond substituents is 1. The predicted octanol–water partition coefficient (Wildman–Crippen LogP) is 4.19. The van der Waals surface area contributed by atoms with Gasteiger partial charge in [-0.2, -0.15) is 5.10 Å². The summed E-state index contributed by atoms with van der Waals surface area (Å²) in [5, 5.41) is 17.4. The maximum Gasteiger partial charge on any atom is 0.176 e. The molecule has 106 valence electrons. The van der Waals surface area contributed by atoms with E-state index >= 15 is 0 Å². The fourth-order valence-corrected chi connectivity index (χ4v) is 2.28. The van der Waals surface area contributed by atoms with Gasteiger partial charge in [-0.3, -0.25) is 5.10 Å². The van der Waals surface area contributed by atoms with Gasteiger partial charge < -0.3 is 9.84 Å². The smallest absolute Gasteiger partial charge is 0.176 e. The number of H-pyrrole nitrogens is 1. The van der Waals surface area contributed by atoms with Crippen LogP contribution in [0, 0.1) is 13.8 Å². The van der Waals surface area contributed by atoms with E-state index in [-0.39, 0.29) is 5.75 Å². The number of ether oxygens (including phenoxy) is 1. The molecule has 3 aromatic rings. The molecule has 0 aliphatic rings. The first-order chi connectivity index (χ1) is 10.2. The molecule has 3 rings (SSSR count). The van der Waals surface area contributed by atoms with Gasteiger partial charge in [0.2, 0.25) is 0 Å². The second-order valence-corrected chi connectivity index (χ2v) is 4.91. The lowest BCUT2D eigenvalue weighted by atomic mass is 10.0. The number of para-hydroxylation sites is 1. The van der Waals surface area contributed by atoms with Crippen LogP contribution in [-0.2, 0) is 0 Å². The molecule has 0 unspecified atom stereocenters. The number of aromatic nitrogens is 2. The molecule has 4 heteroatoms. The second kappa shape index (κ2) is 5.32. The first-order valence-corrected chi connectivity index (χ1v) is 6.73. The van der Waals surface area contributed by atoms with Gasteiger partial charge >= 0.3 is 0 Å². The van der Waals surface area contributed by atoms with Gasteiger partial charge in [0.05, 0.1) is 11.3 Å². The molecule has 0 saturated heterocycles. The highest BCUT2D eigenvalue weighted by atomic mass is 16.5. The third-order valence-corrected chi connectivity index (χ3v) is 3.34. The Morgan fingerprint density at radius 1 is 1.00 bits per heavy atom. The van der Waals surface area contributed by atoms with Gasteiger partial charge in [-0.05, 0) is 37.6 Å². The van der Waals surface area contributed by atoms with Crippen molar-refractivity contribution in [2.24, 2.45) is 0 Å². The predicted molar refractivity (Wildman–Crippen MR) is 81.7 cm³/mol. The lowest BCUT2D eigenvalue weighted by molar-refractivity contribution is 0.471. The zero-order chi connectivity index (χ0) is 14.8. The summed E-state index contributed by atoms with van der Waals surface area (Å²) in [5.74, 6) is 1.56. The third kappa shape index (κ3) is 2.48. The molecule has 0 radical (unpaired) electrons. The Labute approximate surface area is 123 Å². The van der Waals surface area contributed by atoms with Crippen LogP contribution in [0.15, 0.2) is 48.5 Å². The fourth-order valence-electron chi connectivity index (χ4n) is 2.28. The zero-order valence-corrected chi connectivity index (χ0v) is 11.9. The summed E-state index contributed by atoms with van der Waals surface area (Å²) < 4.78 is 5.94. The van der Waals surface area contributed by atoms with Gasteiger partial charge in [-0.15, -0.1) is 0 Å². The monoisotopic (exact) mass is 280 g/mol. The van der Waals surface area contributed by atoms with E-state index in [0.29, 0.717) is 17.0 Å². The Kier molecular flexibility index (Phi) is 3.36. The molecule has 1 heterocycles. The molecular weight excluding hydrogens is 264 g/mol.